The molecule has 0 atom stereocenters. The zero-order valence-corrected chi connectivity index (χ0v) is 26.2. The van der Waals surface area contributed by atoms with Gasteiger partial charge in [0.25, 0.3) is 5.91 Å². The standard InChI is InChI=1S/C33H35FN8O4/c1-33(2,3)46-32(44)41(4)15-16-45-26-7-6-14-36-24(26)18-37-31(43)29-30(35)40-27(20-8-11-22(34)12-9-20)28(39-29)21-10-13-23-25(17-21)42(5)19-38-23/h6-14,17,19H,15-16,18H2,1-5H3,(H2,35,40)(H,37,43). The molecule has 0 unspecified atom stereocenters. The minimum atomic E-state index is -0.608. The molecule has 0 aliphatic rings. The minimum Gasteiger partial charge on any atom is -0.490 e. The Labute approximate surface area is 265 Å². The number of fused-ring (bicyclic) bond motifs is 1. The lowest BCUT2D eigenvalue weighted by Gasteiger charge is -2.24. The van der Waals surface area contributed by atoms with E-state index in [1.807, 2.05) is 29.8 Å². The number of aromatic nitrogens is 5. The summed E-state index contributed by atoms with van der Waals surface area (Å²) >= 11 is 0. The van der Waals surface area contributed by atoms with E-state index in [1.165, 1.54) is 17.0 Å². The fourth-order valence-corrected chi connectivity index (χ4v) is 4.56. The van der Waals surface area contributed by atoms with Gasteiger partial charge in [0.2, 0.25) is 0 Å². The number of carbonyl (C=O) groups excluding carboxylic acids is 2. The fraction of sp³-hybridized carbons (Fsp3) is 0.273. The number of likely N-dealkylation sites (N-methyl/N-ethyl adjacent to an activating group) is 1. The van der Waals surface area contributed by atoms with Crippen LogP contribution in [-0.4, -0.2) is 67.2 Å². The predicted molar refractivity (Wildman–Crippen MR) is 171 cm³/mol. The van der Waals surface area contributed by atoms with Crippen LogP contribution in [-0.2, 0) is 18.3 Å². The highest BCUT2D eigenvalue weighted by atomic mass is 19.1. The molecule has 5 aromatic rings. The molecule has 0 spiro atoms. The molecule has 3 N–H and O–H groups in total. The molecule has 5 rings (SSSR count). The van der Waals surface area contributed by atoms with Crippen molar-refractivity contribution in [2.45, 2.75) is 32.9 Å². The van der Waals surface area contributed by atoms with E-state index in [4.69, 9.17) is 15.2 Å². The van der Waals surface area contributed by atoms with Gasteiger partial charge in [-0.25, -0.2) is 24.1 Å². The van der Waals surface area contributed by atoms with Crippen molar-refractivity contribution in [1.29, 1.82) is 0 Å². The maximum atomic E-state index is 13.7. The first-order valence-electron chi connectivity index (χ1n) is 14.5. The maximum Gasteiger partial charge on any atom is 0.410 e. The summed E-state index contributed by atoms with van der Waals surface area (Å²) in [5.74, 6) is -0.618. The molecule has 2 amide bonds. The number of hydrogen-bond donors (Lipinski definition) is 2. The number of pyridine rings is 1. The fourth-order valence-electron chi connectivity index (χ4n) is 4.56. The normalized spacial score (nSPS) is 11.3. The van der Waals surface area contributed by atoms with Crippen LogP contribution in [0.5, 0.6) is 5.75 Å². The van der Waals surface area contributed by atoms with Crippen molar-refractivity contribution in [3.05, 3.63) is 84.3 Å². The largest absolute Gasteiger partial charge is 0.490 e. The highest BCUT2D eigenvalue weighted by Gasteiger charge is 2.22. The van der Waals surface area contributed by atoms with Gasteiger partial charge in [0, 0.05) is 31.4 Å². The van der Waals surface area contributed by atoms with Gasteiger partial charge in [-0.2, -0.15) is 0 Å². The SMILES string of the molecule is CN(CCOc1cccnc1CNC(=O)c1nc(-c2ccc3ncn(C)c3c2)c(-c2ccc(F)cc2)nc1N)C(=O)OC(C)(C)C. The average Bonchev–Trinajstić information content (AvgIpc) is 3.39. The topological polar surface area (TPSA) is 150 Å². The smallest absolute Gasteiger partial charge is 0.410 e. The third-order valence-electron chi connectivity index (χ3n) is 6.91. The number of anilines is 1. The van der Waals surface area contributed by atoms with Crippen LogP contribution in [0.4, 0.5) is 15.0 Å². The summed E-state index contributed by atoms with van der Waals surface area (Å²) in [5.41, 5.74) is 9.76. The van der Waals surface area contributed by atoms with E-state index in [1.54, 1.807) is 64.6 Å². The highest BCUT2D eigenvalue weighted by Crippen LogP contribution is 2.32. The first-order valence-corrected chi connectivity index (χ1v) is 14.5. The van der Waals surface area contributed by atoms with Gasteiger partial charge in [0.05, 0.1) is 41.8 Å². The van der Waals surface area contributed by atoms with E-state index in [-0.39, 0.29) is 31.2 Å². The van der Waals surface area contributed by atoms with Gasteiger partial charge < -0.3 is 30.0 Å². The van der Waals surface area contributed by atoms with Gasteiger partial charge in [0.15, 0.2) is 11.5 Å². The van der Waals surface area contributed by atoms with E-state index < -0.39 is 23.4 Å². The molecule has 46 heavy (non-hydrogen) atoms. The number of amides is 2. The van der Waals surface area contributed by atoms with Gasteiger partial charge >= 0.3 is 6.09 Å². The Kier molecular flexibility index (Phi) is 9.12. The zero-order chi connectivity index (χ0) is 33.0. The second kappa shape index (κ2) is 13.2. The second-order valence-electron chi connectivity index (χ2n) is 11.6. The van der Waals surface area contributed by atoms with Gasteiger partial charge in [-0.05, 0) is 69.3 Å². The van der Waals surface area contributed by atoms with Gasteiger partial charge in [0.1, 0.15) is 29.5 Å². The Morgan fingerprint density at radius 1 is 1.02 bits per heavy atom. The number of ether oxygens (including phenoxy) is 2. The van der Waals surface area contributed by atoms with Gasteiger partial charge in [-0.1, -0.05) is 6.07 Å². The molecule has 0 saturated heterocycles. The molecule has 238 valence electrons. The lowest BCUT2D eigenvalue weighted by Crippen LogP contribution is -2.36. The van der Waals surface area contributed by atoms with Crippen LogP contribution in [0.2, 0.25) is 0 Å². The summed E-state index contributed by atoms with van der Waals surface area (Å²) in [5, 5.41) is 2.81. The molecular formula is C33H35FN8O4. The first-order chi connectivity index (χ1) is 21.9. The summed E-state index contributed by atoms with van der Waals surface area (Å²) in [6, 6.07) is 14.8. The van der Waals surface area contributed by atoms with E-state index >= 15 is 0 Å². The number of nitrogens with zero attached hydrogens (tertiary/aromatic N) is 6. The summed E-state index contributed by atoms with van der Waals surface area (Å²) in [6.45, 7) is 5.85. The van der Waals surface area contributed by atoms with Crippen LogP contribution < -0.4 is 15.8 Å². The Balaban J connectivity index is 1.36. The van der Waals surface area contributed by atoms with Crippen molar-refractivity contribution in [3.63, 3.8) is 0 Å². The quantitative estimate of drug-likeness (QED) is 0.231. The number of aryl methyl sites for hydroxylation is 1. The number of nitrogen functional groups attached to an aromatic ring is 1. The van der Waals surface area contributed by atoms with Crippen LogP contribution in [0.1, 0.15) is 37.0 Å². The van der Waals surface area contributed by atoms with Crippen molar-refractivity contribution in [2.24, 2.45) is 7.05 Å². The van der Waals surface area contributed by atoms with Crippen molar-refractivity contribution < 1.29 is 23.5 Å². The monoisotopic (exact) mass is 626 g/mol. The number of benzene rings is 2. The second-order valence-corrected chi connectivity index (χ2v) is 11.6. The van der Waals surface area contributed by atoms with E-state index in [0.717, 1.165) is 11.0 Å². The van der Waals surface area contributed by atoms with Gasteiger partial charge in [-0.15, -0.1) is 0 Å². The first kappa shape index (κ1) is 31.8. The lowest BCUT2D eigenvalue weighted by molar-refractivity contribution is 0.0278. The lowest BCUT2D eigenvalue weighted by atomic mass is 10.0. The zero-order valence-electron chi connectivity index (χ0n) is 26.2. The van der Waals surface area contributed by atoms with Crippen LogP contribution in [0.15, 0.2) is 67.1 Å². The number of nitrogens with two attached hydrogens (primary N) is 1. The Morgan fingerprint density at radius 3 is 2.48 bits per heavy atom. The molecule has 3 heterocycles. The highest BCUT2D eigenvalue weighted by molar-refractivity contribution is 5.98. The van der Waals surface area contributed by atoms with Crippen LogP contribution in [0.3, 0.4) is 0 Å². The number of carbonyl (C=O) groups is 2. The molecule has 0 fully saturated rings. The molecule has 0 radical (unpaired) electrons. The predicted octanol–water partition coefficient (Wildman–Crippen LogP) is 4.99. The average molecular weight is 627 g/mol. The van der Waals surface area contributed by atoms with Crippen molar-refractivity contribution in [3.8, 4) is 28.3 Å². The number of halogens is 1. The molecule has 0 aliphatic carbocycles. The van der Waals surface area contributed by atoms with E-state index in [0.29, 0.717) is 34.0 Å². The molecule has 0 saturated carbocycles. The van der Waals surface area contributed by atoms with Crippen LogP contribution in [0, 0.1) is 5.82 Å². The Bertz CT molecular complexity index is 1890. The summed E-state index contributed by atoms with van der Waals surface area (Å²) in [6.07, 6.45) is 2.83. The molecule has 0 aliphatic heterocycles. The number of nitrogens with one attached hydrogen (secondary N) is 1. The molecular weight excluding hydrogens is 591 g/mol. The number of hydrogen-bond acceptors (Lipinski definition) is 9. The summed E-state index contributed by atoms with van der Waals surface area (Å²) in [4.78, 5) is 45.1. The third kappa shape index (κ3) is 7.37. The van der Waals surface area contributed by atoms with Crippen LogP contribution in [0.25, 0.3) is 33.5 Å². The van der Waals surface area contributed by atoms with Crippen molar-refractivity contribution in [1.82, 2.24) is 34.7 Å². The molecule has 12 nitrogen and oxygen atoms in total. The maximum absolute atomic E-state index is 13.7. The number of imidazole rings is 1. The molecule has 3 aromatic heterocycles. The van der Waals surface area contributed by atoms with Crippen LogP contribution >= 0.6 is 0 Å². The summed E-state index contributed by atoms with van der Waals surface area (Å²) in [7, 11) is 3.50. The minimum absolute atomic E-state index is 0.00799. The van der Waals surface area contributed by atoms with E-state index in [9.17, 15) is 14.0 Å². The molecule has 2 aromatic carbocycles. The van der Waals surface area contributed by atoms with Gasteiger partial charge in [-0.3, -0.25) is 9.78 Å². The molecule has 13 heteroatoms. The third-order valence-corrected chi connectivity index (χ3v) is 6.91. The van der Waals surface area contributed by atoms with Crippen molar-refractivity contribution >= 4 is 28.9 Å². The number of rotatable bonds is 9. The Hall–Kier alpha value is -5.59. The van der Waals surface area contributed by atoms with Crippen molar-refractivity contribution in [2.75, 3.05) is 25.9 Å². The van der Waals surface area contributed by atoms with E-state index in [2.05, 4.69) is 25.3 Å². The Morgan fingerprint density at radius 2 is 1.74 bits per heavy atom. The molecule has 0 bridgehead atoms. The summed E-state index contributed by atoms with van der Waals surface area (Å²) < 4.78 is 26.9.